The lowest BCUT2D eigenvalue weighted by atomic mass is 9.96. The molecule has 3 aromatic heterocycles. The third kappa shape index (κ3) is 7.46. The number of hydrogen-bond donors (Lipinski definition) is 12. The minimum Gasteiger partial charge on any atom is -0.394 e. The van der Waals surface area contributed by atoms with E-state index in [0.29, 0.717) is 68.8 Å². The van der Waals surface area contributed by atoms with Crippen LogP contribution in [0.2, 0.25) is 0 Å². The molecular weight excluding hydrogens is 780 g/mol. The van der Waals surface area contributed by atoms with Gasteiger partial charge in [-0.05, 0) is 98.2 Å². The summed E-state index contributed by atoms with van der Waals surface area (Å²) in [5.41, 5.74) is 8.80. The first-order chi connectivity index (χ1) is 28.5. The number of aromatic amines is 2. The van der Waals surface area contributed by atoms with Crippen LogP contribution in [0, 0.1) is 13.8 Å². The molecule has 60 heavy (non-hydrogen) atoms. The second-order valence-electron chi connectivity index (χ2n) is 15.6. The second kappa shape index (κ2) is 16.9. The van der Waals surface area contributed by atoms with E-state index in [2.05, 4.69) is 20.6 Å². The molecule has 8 bridgehead atoms. The SMILES string of the molecule is CCC1=C(C)c2cc3[nH]c(cc4nc(cc5[nH]c(cc1n2)c(C)c5C(=O)N[C@H]1C(O)O[C@H](CO)[C@@H](O)[C@@H]1O)C(C)=C4CC)c(C)c3C(=O)N[C@H]1C(O)O[C@H](CO)[C@@H](O)[C@@H]1O. The summed E-state index contributed by atoms with van der Waals surface area (Å²) in [5, 5.41) is 88.4. The van der Waals surface area contributed by atoms with Crippen molar-refractivity contribution in [3.63, 3.8) is 0 Å². The lowest BCUT2D eigenvalue weighted by Gasteiger charge is -2.40. The summed E-state index contributed by atoms with van der Waals surface area (Å²) in [6.07, 6.45) is -11.3. The van der Waals surface area contributed by atoms with Gasteiger partial charge in [0.1, 0.15) is 48.7 Å². The molecule has 18 nitrogen and oxygen atoms in total. The van der Waals surface area contributed by atoms with Crippen LogP contribution in [0.3, 0.4) is 0 Å². The zero-order chi connectivity index (χ0) is 43.5. The summed E-state index contributed by atoms with van der Waals surface area (Å²) in [4.78, 5) is 45.1. The van der Waals surface area contributed by atoms with Gasteiger partial charge in [-0.25, -0.2) is 9.97 Å². The molecule has 2 fully saturated rings. The zero-order valence-corrected chi connectivity index (χ0v) is 34.0. The lowest BCUT2D eigenvalue weighted by Crippen LogP contribution is -2.64. The first kappa shape index (κ1) is 43.2. The maximum Gasteiger partial charge on any atom is 0.254 e. The van der Waals surface area contributed by atoms with Crippen molar-refractivity contribution < 1.29 is 59.9 Å². The standard InChI is InChI=1S/C42H52N6O12/c1-7-19-15(3)21-11-27-32(40(56)48-34-38(54)36(52)30(14-50)60-42(34)58)18(6)24(46-27)10-26-20(8-2)16(4)22(44-26)12-28-31(17(5)23(45-28)9-25(19)43-21)39(55)47-33-37(53)35(51)29(13-49)59-41(33)57/h9-12,29-30,33-38,41-42,45-46,49-54,57-58H,7-8,13-14H2,1-6H3,(H,47,55)(H,48,56)/t29-,30-,33-,34-,35-,36-,37-,38-,41?,42?/m1/s1. The highest BCUT2D eigenvalue weighted by atomic mass is 16.6. The van der Waals surface area contributed by atoms with Gasteiger partial charge in [-0.2, -0.15) is 0 Å². The number of fused-ring (bicyclic) bond motifs is 8. The van der Waals surface area contributed by atoms with Crippen molar-refractivity contribution in [2.24, 2.45) is 0 Å². The number of aryl methyl sites for hydroxylation is 2. The Morgan fingerprint density at radius 2 is 0.933 bits per heavy atom. The summed E-state index contributed by atoms with van der Waals surface area (Å²) in [6, 6.07) is 4.20. The normalized spacial score (nSPS) is 28.3. The molecule has 10 atom stereocenters. The van der Waals surface area contributed by atoms with Crippen LogP contribution in [0.4, 0.5) is 0 Å². The number of carbonyl (C=O) groups excluding carboxylic acids is 2. The Morgan fingerprint density at radius 3 is 1.27 bits per heavy atom. The van der Waals surface area contributed by atoms with Gasteiger partial charge in [-0.15, -0.1) is 0 Å². The number of amides is 2. The number of aliphatic hydroxyl groups is 8. The van der Waals surface area contributed by atoms with Gasteiger partial charge in [0, 0.05) is 11.0 Å². The molecule has 2 unspecified atom stereocenters. The lowest BCUT2D eigenvalue weighted by molar-refractivity contribution is -0.252. The van der Waals surface area contributed by atoms with Gasteiger partial charge < -0.3 is 70.9 Å². The van der Waals surface area contributed by atoms with Crippen LogP contribution in [0.25, 0.3) is 44.4 Å². The Bertz CT molecular complexity index is 2270. The molecule has 0 saturated carbocycles. The maximum atomic E-state index is 14.2. The van der Waals surface area contributed by atoms with E-state index in [1.165, 1.54) is 0 Å². The van der Waals surface area contributed by atoms with Gasteiger partial charge in [-0.3, -0.25) is 9.59 Å². The Kier molecular flexibility index (Phi) is 12.2. The fourth-order valence-electron chi connectivity index (χ4n) is 8.53. The molecule has 3 aromatic rings. The number of aliphatic hydroxyl groups excluding tert-OH is 8. The van der Waals surface area contributed by atoms with Gasteiger partial charge in [0.05, 0.1) is 58.1 Å². The van der Waals surface area contributed by atoms with Gasteiger partial charge >= 0.3 is 0 Å². The largest absolute Gasteiger partial charge is 0.394 e. The number of carbonyl (C=O) groups is 2. The van der Waals surface area contributed by atoms with Crippen LogP contribution in [-0.4, -0.2) is 147 Å². The highest BCUT2D eigenvalue weighted by Gasteiger charge is 2.46. The van der Waals surface area contributed by atoms with Crippen LogP contribution in [0.15, 0.2) is 24.3 Å². The van der Waals surface area contributed by atoms with Crippen molar-refractivity contribution in [1.29, 1.82) is 0 Å². The van der Waals surface area contributed by atoms with Crippen LogP contribution in [-0.2, 0) is 9.47 Å². The highest BCUT2D eigenvalue weighted by Crippen LogP contribution is 2.37. The van der Waals surface area contributed by atoms with Crippen LogP contribution >= 0.6 is 0 Å². The van der Waals surface area contributed by atoms with E-state index in [0.717, 1.165) is 22.3 Å². The Morgan fingerprint density at radius 1 is 0.583 bits per heavy atom. The number of aromatic nitrogens is 4. The second-order valence-corrected chi connectivity index (χ2v) is 15.6. The van der Waals surface area contributed by atoms with E-state index in [-0.39, 0.29) is 11.1 Å². The third-order valence-corrected chi connectivity index (χ3v) is 12.1. The predicted octanol–water partition coefficient (Wildman–Crippen LogP) is 0.672. The van der Waals surface area contributed by atoms with E-state index < -0.39 is 86.3 Å². The van der Waals surface area contributed by atoms with E-state index in [9.17, 15) is 50.4 Å². The Labute approximate surface area is 344 Å². The molecule has 18 heteroatoms. The molecule has 322 valence electrons. The van der Waals surface area contributed by atoms with Crippen LogP contribution < -0.4 is 10.6 Å². The van der Waals surface area contributed by atoms with Crippen molar-refractivity contribution >= 4 is 56.2 Å². The molecular formula is C42H52N6O12. The number of H-pyrrole nitrogens is 2. The van der Waals surface area contributed by atoms with Crippen molar-refractivity contribution in [2.45, 2.75) is 116 Å². The van der Waals surface area contributed by atoms with E-state index in [1.807, 2.05) is 27.7 Å². The number of rotatable bonds is 8. The molecule has 4 aliphatic heterocycles. The molecule has 7 heterocycles. The first-order valence-electron chi connectivity index (χ1n) is 19.9. The summed E-state index contributed by atoms with van der Waals surface area (Å²) < 4.78 is 10.6. The summed E-state index contributed by atoms with van der Waals surface area (Å²) in [5.74, 6) is -1.36. The maximum absolute atomic E-state index is 14.2. The molecule has 2 amide bonds. The van der Waals surface area contributed by atoms with E-state index in [1.54, 1.807) is 38.1 Å². The summed E-state index contributed by atoms with van der Waals surface area (Å²) in [6.45, 7) is 9.92. The molecule has 0 aromatic carbocycles. The average molecular weight is 833 g/mol. The van der Waals surface area contributed by atoms with Gasteiger partial charge in [0.25, 0.3) is 11.8 Å². The van der Waals surface area contributed by atoms with Crippen molar-refractivity contribution in [3.8, 4) is 0 Å². The number of nitrogens with one attached hydrogen (secondary N) is 4. The van der Waals surface area contributed by atoms with Gasteiger partial charge in [0.2, 0.25) is 0 Å². The quantitative estimate of drug-likeness (QED) is 0.149. The summed E-state index contributed by atoms with van der Waals surface area (Å²) in [7, 11) is 0. The molecule has 2 saturated heterocycles. The van der Waals surface area contributed by atoms with Crippen LogP contribution in [0.5, 0.6) is 0 Å². The first-order valence-corrected chi connectivity index (χ1v) is 19.9. The predicted molar refractivity (Wildman–Crippen MR) is 219 cm³/mol. The number of hydrogen-bond acceptors (Lipinski definition) is 14. The number of ether oxygens (including phenoxy) is 2. The highest BCUT2D eigenvalue weighted by molar-refractivity contribution is 6.07. The van der Waals surface area contributed by atoms with Gasteiger partial charge in [0.15, 0.2) is 12.6 Å². The molecule has 0 radical (unpaired) electrons. The zero-order valence-electron chi connectivity index (χ0n) is 34.0. The fraction of sp³-hybridized carbons (Fsp3) is 0.476. The molecule has 4 aliphatic rings. The Hall–Kier alpha value is -4.86. The van der Waals surface area contributed by atoms with E-state index >= 15 is 0 Å². The van der Waals surface area contributed by atoms with Crippen molar-refractivity contribution in [1.82, 2.24) is 30.6 Å². The number of nitrogens with zero attached hydrogens (tertiary/aromatic N) is 2. The minimum atomic E-state index is -1.73. The van der Waals surface area contributed by atoms with Gasteiger partial charge in [-0.1, -0.05) is 13.8 Å². The summed E-state index contributed by atoms with van der Waals surface area (Å²) >= 11 is 0. The minimum absolute atomic E-state index is 0.181. The fourth-order valence-corrected chi connectivity index (χ4v) is 8.53. The molecule has 7 rings (SSSR count). The molecule has 0 aliphatic carbocycles. The molecule has 0 spiro atoms. The van der Waals surface area contributed by atoms with Crippen molar-refractivity contribution in [3.05, 3.63) is 69.3 Å². The Balaban J connectivity index is 1.43. The average Bonchev–Trinajstić information content (AvgIpc) is 3.89. The molecule has 12 N–H and O–H groups in total. The smallest absolute Gasteiger partial charge is 0.254 e. The van der Waals surface area contributed by atoms with Crippen molar-refractivity contribution in [2.75, 3.05) is 13.2 Å². The topological polar surface area (TPSA) is 296 Å². The van der Waals surface area contributed by atoms with E-state index in [4.69, 9.17) is 19.4 Å². The number of allylic oxidation sites excluding steroid dienone is 4. The monoisotopic (exact) mass is 832 g/mol. The third-order valence-electron chi connectivity index (χ3n) is 12.1. The van der Waals surface area contributed by atoms with Crippen LogP contribution in [0.1, 0.15) is 95.2 Å².